The van der Waals surface area contributed by atoms with Crippen molar-refractivity contribution in [1.82, 2.24) is 4.90 Å². The Morgan fingerprint density at radius 1 is 1.35 bits per heavy atom. The number of carbonyl (C=O) groups excluding carboxylic acids is 1. The zero-order valence-corrected chi connectivity index (χ0v) is 11.8. The number of nitrogens with zero attached hydrogens (tertiary/aromatic N) is 3. The van der Waals surface area contributed by atoms with E-state index in [2.05, 4.69) is 0 Å². The maximum atomic E-state index is 12.3. The van der Waals surface area contributed by atoms with Crippen LogP contribution in [-0.2, 0) is 4.79 Å². The third-order valence-electron chi connectivity index (χ3n) is 3.04. The van der Waals surface area contributed by atoms with E-state index in [0.29, 0.717) is 13.0 Å². The quantitative estimate of drug-likeness (QED) is 0.725. The molecule has 0 radical (unpaired) electrons. The Labute approximate surface area is 120 Å². The van der Waals surface area contributed by atoms with E-state index >= 15 is 0 Å². The fourth-order valence-electron chi connectivity index (χ4n) is 1.92. The van der Waals surface area contributed by atoms with Crippen LogP contribution in [0.5, 0.6) is 0 Å². The SMILES string of the molecule is CCN(CCCO)CC(=O)N(CC#N)c1ccccc1. The molecule has 0 saturated heterocycles. The number of aliphatic hydroxyl groups is 1. The second-order valence-corrected chi connectivity index (χ2v) is 4.42. The minimum absolute atomic E-state index is 0.0421. The molecule has 0 saturated carbocycles. The molecule has 1 N–H and O–H groups in total. The smallest absolute Gasteiger partial charge is 0.242 e. The second-order valence-electron chi connectivity index (χ2n) is 4.42. The van der Waals surface area contributed by atoms with Crippen molar-refractivity contribution in [3.8, 4) is 6.07 Å². The first-order valence-electron chi connectivity index (χ1n) is 6.78. The van der Waals surface area contributed by atoms with Crippen LogP contribution in [0.25, 0.3) is 0 Å². The van der Waals surface area contributed by atoms with Crippen molar-refractivity contribution in [3.63, 3.8) is 0 Å². The van der Waals surface area contributed by atoms with Gasteiger partial charge in [-0.25, -0.2) is 0 Å². The van der Waals surface area contributed by atoms with E-state index < -0.39 is 0 Å². The molecule has 1 aromatic carbocycles. The van der Waals surface area contributed by atoms with Gasteiger partial charge >= 0.3 is 0 Å². The predicted octanol–water partition coefficient (Wildman–Crippen LogP) is 1.25. The summed E-state index contributed by atoms with van der Waals surface area (Å²) in [5.74, 6) is -0.0995. The molecule has 0 heterocycles. The molecule has 0 unspecified atom stereocenters. The van der Waals surface area contributed by atoms with E-state index in [1.165, 1.54) is 4.90 Å². The highest BCUT2D eigenvalue weighted by Crippen LogP contribution is 2.13. The summed E-state index contributed by atoms with van der Waals surface area (Å²) in [5, 5.41) is 17.7. The minimum Gasteiger partial charge on any atom is -0.396 e. The number of amides is 1. The van der Waals surface area contributed by atoms with Crippen molar-refractivity contribution in [2.45, 2.75) is 13.3 Å². The first-order chi connectivity index (χ1) is 9.72. The molecule has 0 fully saturated rings. The van der Waals surface area contributed by atoms with E-state index in [9.17, 15) is 4.79 Å². The Bertz CT molecular complexity index is 442. The number of aliphatic hydroxyl groups excluding tert-OH is 1. The monoisotopic (exact) mass is 275 g/mol. The van der Waals surface area contributed by atoms with Crippen molar-refractivity contribution in [2.75, 3.05) is 37.7 Å². The Morgan fingerprint density at radius 2 is 2.05 bits per heavy atom. The van der Waals surface area contributed by atoms with Gasteiger partial charge in [0.15, 0.2) is 0 Å². The van der Waals surface area contributed by atoms with Gasteiger partial charge in [0.05, 0.1) is 12.6 Å². The van der Waals surface area contributed by atoms with Gasteiger partial charge in [-0.3, -0.25) is 14.6 Å². The third kappa shape index (κ3) is 5.00. The summed E-state index contributed by atoms with van der Waals surface area (Å²) in [6, 6.07) is 11.2. The summed E-state index contributed by atoms with van der Waals surface area (Å²) in [4.78, 5) is 15.8. The number of likely N-dealkylation sites (N-methyl/N-ethyl adjacent to an activating group) is 1. The van der Waals surface area contributed by atoms with Crippen molar-refractivity contribution in [1.29, 1.82) is 5.26 Å². The molecule has 0 atom stereocenters. The van der Waals surface area contributed by atoms with E-state index in [1.54, 1.807) is 0 Å². The molecular formula is C15H21N3O2. The number of para-hydroxylation sites is 1. The zero-order valence-electron chi connectivity index (χ0n) is 11.8. The third-order valence-corrected chi connectivity index (χ3v) is 3.04. The summed E-state index contributed by atoms with van der Waals surface area (Å²) in [6.07, 6.45) is 0.644. The van der Waals surface area contributed by atoms with Crippen LogP contribution in [0, 0.1) is 11.3 Å². The molecule has 0 aliphatic rings. The average molecular weight is 275 g/mol. The van der Waals surface area contributed by atoms with E-state index in [4.69, 9.17) is 10.4 Å². The van der Waals surface area contributed by atoms with Crippen LogP contribution in [-0.4, -0.2) is 48.7 Å². The van der Waals surface area contributed by atoms with E-state index in [-0.39, 0.29) is 25.6 Å². The fraction of sp³-hybridized carbons (Fsp3) is 0.467. The summed E-state index contributed by atoms with van der Waals surface area (Å²) in [7, 11) is 0. The zero-order chi connectivity index (χ0) is 14.8. The van der Waals surface area contributed by atoms with Gasteiger partial charge in [-0.2, -0.15) is 5.26 Å². The average Bonchev–Trinajstić information content (AvgIpc) is 2.49. The summed E-state index contributed by atoms with van der Waals surface area (Å²) < 4.78 is 0. The Balaban J connectivity index is 2.72. The number of carbonyl (C=O) groups is 1. The molecule has 108 valence electrons. The lowest BCUT2D eigenvalue weighted by Gasteiger charge is -2.25. The van der Waals surface area contributed by atoms with E-state index in [0.717, 1.165) is 12.2 Å². The van der Waals surface area contributed by atoms with E-state index in [1.807, 2.05) is 48.2 Å². The van der Waals surface area contributed by atoms with Crippen LogP contribution < -0.4 is 4.90 Å². The molecule has 1 amide bonds. The molecule has 0 aromatic heterocycles. The molecule has 0 aliphatic heterocycles. The number of rotatable bonds is 8. The molecule has 5 nitrogen and oxygen atoms in total. The number of nitriles is 1. The lowest BCUT2D eigenvalue weighted by molar-refractivity contribution is -0.119. The van der Waals surface area contributed by atoms with Gasteiger partial charge in [-0.05, 0) is 25.1 Å². The Morgan fingerprint density at radius 3 is 2.60 bits per heavy atom. The summed E-state index contributed by atoms with van der Waals surface area (Å²) in [6.45, 7) is 3.80. The van der Waals surface area contributed by atoms with Gasteiger partial charge < -0.3 is 5.11 Å². The number of benzene rings is 1. The number of anilines is 1. The van der Waals surface area contributed by atoms with Crippen LogP contribution in [0.2, 0.25) is 0 Å². The van der Waals surface area contributed by atoms with Crippen LogP contribution in [0.15, 0.2) is 30.3 Å². The summed E-state index contributed by atoms with van der Waals surface area (Å²) >= 11 is 0. The van der Waals surface area contributed by atoms with Crippen LogP contribution in [0.1, 0.15) is 13.3 Å². The van der Waals surface area contributed by atoms with Crippen molar-refractivity contribution in [3.05, 3.63) is 30.3 Å². The predicted molar refractivity (Wildman–Crippen MR) is 78.2 cm³/mol. The molecule has 0 aliphatic carbocycles. The van der Waals surface area contributed by atoms with Crippen molar-refractivity contribution in [2.24, 2.45) is 0 Å². The van der Waals surface area contributed by atoms with Gasteiger partial charge in [-0.1, -0.05) is 25.1 Å². The maximum Gasteiger partial charge on any atom is 0.242 e. The standard InChI is InChI=1S/C15H21N3O2/c1-2-17(10-6-12-19)13-15(20)18(11-9-16)14-7-4-3-5-8-14/h3-5,7-8,19H,2,6,10-13H2,1H3. The first kappa shape index (κ1) is 16.2. The van der Waals surface area contributed by atoms with Gasteiger partial charge in [0, 0.05) is 18.8 Å². The van der Waals surface area contributed by atoms with Crippen LogP contribution in [0.4, 0.5) is 5.69 Å². The van der Waals surface area contributed by atoms with Crippen LogP contribution in [0.3, 0.4) is 0 Å². The normalized spacial score (nSPS) is 10.3. The molecule has 1 rings (SSSR count). The largest absolute Gasteiger partial charge is 0.396 e. The van der Waals surface area contributed by atoms with Gasteiger partial charge in [0.2, 0.25) is 5.91 Å². The molecule has 0 bridgehead atoms. The number of hydrogen-bond donors (Lipinski definition) is 1. The lowest BCUT2D eigenvalue weighted by Crippen LogP contribution is -2.41. The molecule has 0 spiro atoms. The van der Waals surface area contributed by atoms with Gasteiger partial charge in [0.25, 0.3) is 0 Å². The Kier molecular flexibility index (Phi) is 7.33. The van der Waals surface area contributed by atoms with Gasteiger partial charge in [0.1, 0.15) is 6.54 Å². The maximum absolute atomic E-state index is 12.3. The lowest BCUT2D eigenvalue weighted by atomic mass is 10.2. The topological polar surface area (TPSA) is 67.6 Å². The highest BCUT2D eigenvalue weighted by molar-refractivity contribution is 5.95. The summed E-state index contributed by atoms with van der Waals surface area (Å²) in [5.41, 5.74) is 0.734. The minimum atomic E-state index is -0.0995. The number of hydrogen-bond acceptors (Lipinski definition) is 4. The van der Waals surface area contributed by atoms with Crippen molar-refractivity contribution >= 4 is 11.6 Å². The molecular weight excluding hydrogens is 254 g/mol. The van der Waals surface area contributed by atoms with Gasteiger partial charge in [-0.15, -0.1) is 0 Å². The first-order valence-corrected chi connectivity index (χ1v) is 6.78. The molecule has 20 heavy (non-hydrogen) atoms. The fourth-order valence-corrected chi connectivity index (χ4v) is 1.92. The highest BCUT2D eigenvalue weighted by atomic mass is 16.3. The van der Waals surface area contributed by atoms with Crippen LogP contribution >= 0.6 is 0 Å². The molecule has 5 heteroatoms. The molecule has 1 aromatic rings. The highest BCUT2D eigenvalue weighted by Gasteiger charge is 2.17. The Hall–Kier alpha value is -1.90. The van der Waals surface area contributed by atoms with Crippen molar-refractivity contribution < 1.29 is 9.90 Å². The second kappa shape index (κ2) is 9.08.